The quantitative estimate of drug-likeness (QED) is 0.645. The van der Waals surface area contributed by atoms with Gasteiger partial charge in [-0.25, -0.2) is 4.79 Å². The van der Waals surface area contributed by atoms with E-state index in [0.29, 0.717) is 23.8 Å². The van der Waals surface area contributed by atoms with Gasteiger partial charge in [0, 0.05) is 25.0 Å². The second-order valence-electron chi connectivity index (χ2n) is 5.33. The van der Waals surface area contributed by atoms with Crippen molar-refractivity contribution < 1.29 is 9.59 Å². The number of carbonyl (C=O) groups excluding carboxylic acids is 2. The van der Waals surface area contributed by atoms with Crippen molar-refractivity contribution in [1.82, 2.24) is 5.32 Å². The molecule has 0 fully saturated rings. The minimum atomic E-state index is -0.285. The maximum absolute atomic E-state index is 12.1. The summed E-state index contributed by atoms with van der Waals surface area (Å²) in [6.07, 6.45) is 0.763. The van der Waals surface area contributed by atoms with Gasteiger partial charge in [0.25, 0.3) is 0 Å². The van der Waals surface area contributed by atoms with Gasteiger partial charge in [0.05, 0.1) is 5.92 Å². The van der Waals surface area contributed by atoms with Crippen LogP contribution in [0.2, 0.25) is 0 Å². The van der Waals surface area contributed by atoms with Crippen molar-refractivity contribution in [3.63, 3.8) is 0 Å². The molecule has 5 N–H and O–H groups in total. The lowest BCUT2D eigenvalue weighted by Gasteiger charge is -2.17. The van der Waals surface area contributed by atoms with Crippen molar-refractivity contribution in [2.45, 2.75) is 20.3 Å². The fourth-order valence-electron chi connectivity index (χ4n) is 1.95. The molecule has 0 saturated carbocycles. The SMILES string of the molecule is CNC(=O)Nc1ccc(NC(=O)C(CN)CC(C)C)cc1. The first-order valence-electron chi connectivity index (χ1n) is 7.06. The number of nitrogens with one attached hydrogen (secondary N) is 3. The summed E-state index contributed by atoms with van der Waals surface area (Å²) in [4.78, 5) is 23.3. The van der Waals surface area contributed by atoms with E-state index in [1.807, 2.05) is 0 Å². The van der Waals surface area contributed by atoms with E-state index in [0.717, 1.165) is 6.42 Å². The molecule has 0 saturated heterocycles. The molecule has 0 heterocycles. The number of hydrogen-bond acceptors (Lipinski definition) is 3. The highest BCUT2D eigenvalue weighted by Crippen LogP contribution is 2.16. The topological polar surface area (TPSA) is 96.2 Å². The normalized spacial score (nSPS) is 11.9. The van der Waals surface area contributed by atoms with E-state index in [2.05, 4.69) is 29.8 Å². The largest absolute Gasteiger partial charge is 0.341 e. The lowest BCUT2D eigenvalue weighted by molar-refractivity contribution is -0.120. The van der Waals surface area contributed by atoms with Crippen LogP contribution >= 0.6 is 0 Å². The molecule has 1 atom stereocenters. The highest BCUT2D eigenvalue weighted by atomic mass is 16.2. The van der Waals surface area contributed by atoms with Crippen LogP contribution in [0.3, 0.4) is 0 Å². The number of hydrogen-bond donors (Lipinski definition) is 4. The molecule has 1 aromatic carbocycles. The van der Waals surface area contributed by atoms with E-state index in [1.54, 1.807) is 31.3 Å². The summed E-state index contributed by atoms with van der Waals surface area (Å²) < 4.78 is 0. The van der Waals surface area contributed by atoms with E-state index < -0.39 is 0 Å². The van der Waals surface area contributed by atoms with Crippen LogP contribution in [0.4, 0.5) is 16.2 Å². The minimum Gasteiger partial charge on any atom is -0.341 e. The zero-order valence-corrected chi connectivity index (χ0v) is 12.8. The van der Waals surface area contributed by atoms with E-state index >= 15 is 0 Å². The third-order valence-electron chi connectivity index (χ3n) is 3.05. The van der Waals surface area contributed by atoms with Gasteiger partial charge in [0.1, 0.15) is 0 Å². The van der Waals surface area contributed by atoms with E-state index in [-0.39, 0.29) is 17.9 Å². The van der Waals surface area contributed by atoms with Gasteiger partial charge in [0.15, 0.2) is 0 Å². The molecule has 0 aromatic heterocycles. The molecule has 6 nitrogen and oxygen atoms in total. The summed E-state index contributed by atoms with van der Waals surface area (Å²) >= 11 is 0. The number of urea groups is 1. The van der Waals surface area contributed by atoms with Crippen LogP contribution in [0.15, 0.2) is 24.3 Å². The Morgan fingerprint density at radius 2 is 1.62 bits per heavy atom. The molecular formula is C15H24N4O2. The second kappa shape index (κ2) is 8.26. The Morgan fingerprint density at radius 1 is 1.10 bits per heavy atom. The van der Waals surface area contributed by atoms with Crippen molar-refractivity contribution in [2.75, 3.05) is 24.2 Å². The van der Waals surface area contributed by atoms with Crippen LogP contribution in [0.25, 0.3) is 0 Å². The van der Waals surface area contributed by atoms with E-state index in [4.69, 9.17) is 5.73 Å². The summed E-state index contributed by atoms with van der Waals surface area (Å²) in [5, 5.41) is 7.96. The zero-order valence-electron chi connectivity index (χ0n) is 12.8. The van der Waals surface area contributed by atoms with Crippen molar-refractivity contribution >= 4 is 23.3 Å². The first kappa shape index (κ1) is 17.0. The molecule has 6 heteroatoms. The molecule has 0 aliphatic carbocycles. The third kappa shape index (κ3) is 5.83. The van der Waals surface area contributed by atoms with Crippen LogP contribution in [0, 0.1) is 11.8 Å². The molecule has 3 amide bonds. The fourth-order valence-corrected chi connectivity index (χ4v) is 1.95. The molecule has 21 heavy (non-hydrogen) atoms. The summed E-state index contributed by atoms with van der Waals surface area (Å²) in [5.74, 6) is 0.162. The van der Waals surface area contributed by atoms with Crippen LogP contribution in [-0.4, -0.2) is 25.5 Å². The van der Waals surface area contributed by atoms with Gasteiger partial charge in [-0.05, 0) is 36.6 Å². The first-order valence-corrected chi connectivity index (χ1v) is 7.06. The van der Waals surface area contributed by atoms with Crippen LogP contribution in [0.5, 0.6) is 0 Å². The molecule has 0 aliphatic heterocycles. The molecule has 116 valence electrons. The third-order valence-corrected chi connectivity index (χ3v) is 3.05. The maximum Gasteiger partial charge on any atom is 0.318 e. The van der Waals surface area contributed by atoms with Gasteiger partial charge in [0.2, 0.25) is 5.91 Å². The zero-order chi connectivity index (χ0) is 15.8. The number of anilines is 2. The predicted octanol–water partition coefficient (Wildman–Crippen LogP) is 2.00. The molecule has 0 spiro atoms. The number of benzene rings is 1. The molecule has 1 aromatic rings. The van der Waals surface area contributed by atoms with Gasteiger partial charge in [-0.3, -0.25) is 4.79 Å². The van der Waals surface area contributed by atoms with E-state index in [1.165, 1.54) is 0 Å². The van der Waals surface area contributed by atoms with Gasteiger partial charge in [-0.1, -0.05) is 13.8 Å². The number of nitrogens with two attached hydrogens (primary N) is 1. The van der Waals surface area contributed by atoms with Gasteiger partial charge < -0.3 is 21.7 Å². The second-order valence-corrected chi connectivity index (χ2v) is 5.33. The lowest BCUT2D eigenvalue weighted by atomic mass is 9.96. The summed E-state index contributed by atoms with van der Waals surface area (Å²) in [6, 6.07) is 6.65. The van der Waals surface area contributed by atoms with Crippen molar-refractivity contribution in [3.8, 4) is 0 Å². The average molecular weight is 292 g/mol. The standard InChI is InChI=1S/C15H24N4O2/c1-10(2)8-11(9-16)14(20)18-12-4-6-13(7-5-12)19-15(21)17-3/h4-7,10-11H,8-9,16H2,1-3H3,(H,18,20)(H2,17,19,21). The molecule has 0 radical (unpaired) electrons. The highest BCUT2D eigenvalue weighted by molar-refractivity contribution is 5.93. The Hall–Kier alpha value is -2.08. The number of amides is 3. The summed E-state index contributed by atoms with van der Waals surface area (Å²) in [6.45, 7) is 4.46. The summed E-state index contributed by atoms with van der Waals surface area (Å²) in [7, 11) is 1.55. The van der Waals surface area contributed by atoms with E-state index in [9.17, 15) is 9.59 Å². The predicted molar refractivity (Wildman–Crippen MR) is 85.1 cm³/mol. The molecule has 0 bridgehead atoms. The Kier molecular flexibility index (Phi) is 6.68. The Bertz CT molecular complexity index is 471. The monoisotopic (exact) mass is 292 g/mol. The van der Waals surface area contributed by atoms with Crippen molar-refractivity contribution in [1.29, 1.82) is 0 Å². The van der Waals surface area contributed by atoms with Crippen molar-refractivity contribution in [2.24, 2.45) is 17.6 Å². The Morgan fingerprint density at radius 3 is 2.05 bits per heavy atom. The van der Waals surface area contributed by atoms with Crippen LogP contribution in [0.1, 0.15) is 20.3 Å². The minimum absolute atomic E-state index is 0.0711. The van der Waals surface area contributed by atoms with Crippen LogP contribution in [-0.2, 0) is 4.79 Å². The lowest BCUT2D eigenvalue weighted by Crippen LogP contribution is -2.30. The smallest absolute Gasteiger partial charge is 0.318 e. The van der Waals surface area contributed by atoms with Gasteiger partial charge >= 0.3 is 6.03 Å². The Balaban J connectivity index is 2.62. The molecule has 1 rings (SSSR count). The number of carbonyl (C=O) groups is 2. The van der Waals surface area contributed by atoms with Gasteiger partial charge in [-0.15, -0.1) is 0 Å². The molecular weight excluding hydrogens is 268 g/mol. The number of rotatable bonds is 6. The highest BCUT2D eigenvalue weighted by Gasteiger charge is 2.18. The fraction of sp³-hybridized carbons (Fsp3) is 0.467. The molecule has 1 unspecified atom stereocenters. The summed E-state index contributed by atoms with van der Waals surface area (Å²) in [5.41, 5.74) is 7.00. The first-order chi connectivity index (χ1) is 9.96. The van der Waals surface area contributed by atoms with Gasteiger partial charge in [-0.2, -0.15) is 0 Å². The van der Waals surface area contributed by atoms with Crippen LogP contribution < -0.4 is 21.7 Å². The molecule has 0 aliphatic rings. The van der Waals surface area contributed by atoms with Crippen molar-refractivity contribution in [3.05, 3.63) is 24.3 Å². The average Bonchev–Trinajstić information content (AvgIpc) is 2.46. The Labute approximate surface area is 125 Å². The maximum atomic E-state index is 12.1.